The van der Waals surface area contributed by atoms with Crippen LogP contribution in [-0.2, 0) is 29.3 Å². The molecule has 0 aliphatic heterocycles. The Labute approximate surface area is 189 Å². The zero-order valence-electron chi connectivity index (χ0n) is 16.6. The molecule has 4 rings (SSSR count). The van der Waals surface area contributed by atoms with E-state index >= 15 is 0 Å². The van der Waals surface area contributed by atoms with Crippen molar-refractivity contribution in [2.24, 2.45) is 0 Å². The van der Waals surface area contributed by atoms with Crippen molar-refractivity contribution < 1.29 is 17.9 Å². The molecule has 30 heavy (non-hydrogen) atoms. The van der Waals surface area contributed by atoms with Crippen molar-refractivity contribution in [2.75, 3.05) is 12.9 Å². The lowest BCUT2D eigenvalue weighted by atomic mass is 10.1. The van der Waals surface area contributed by atoms with Gasteiger partial charge in [-0.1, -0.05) is 18.2 Å². The van der Waals surface area contributed by atoms with Crippen molar-refractivity contribution >= 4 is 49.4 Å². The van der Waals surface area contributed by atoms with E-state index in [1.165, 1.54) is 17.5 Å². The van der Waals surface area contributed by atoms with Crippen LogP contribution in [0.3, 0.4) is 0 Å². The van der Waals surface area contributed by atoms with Gasteiger partial charge in [-0.15, -0.1) is 0 Å². The summed E-state index contributed by atoms with van der Waals surface area (Å²) in [5.74, 6) is 0.314. The third-order valence-corrected chi connectivity index (χ3v) is 6.53. The molecule has 0 fully saturated rings. The zero-order valence-corrected chi connectivity index (χ0v) is 19.6. The minimum atomic E-state index is -3.65. The van der Waals surface area contributed by atoms with Crippen LogP contribution in [0.25, 0.3) is 10.9 Å². The third-order valence-electron chi connectivity index (χ3n) is 5.30. The van der Waals surface area contributed by atoms with Gasteiger partial charge in [0.05, 0.1) is 12.9 Å². The highest BCUT2D eigenvalue weighted by molar-refractivity contribution is 14.1. The van der Waals surface area contributed by atoms with Crippen molar-refractivity contribution in [3.05, 3.63) is 62.4 Å². The Morgan fingerprint density at radius 2 is 2.07 bits per heavy atom. The van der Waals surface area contributed by atoms with Crippen LogP contribution in [0, 0.1) is 3.57 Å². The number of benzene rings is 2. The summed E-state index contributed by atoms with van der Waals surface area (Å²) in [6.07, 6.45) is 5.62. The number of aromatic amines is 1. The maximum atomic E-state index is 12.6. The quantitative estimate of drug-likeness (QED) is 0.352. The van der Waals surface area contributed by atoms with Crippen molar-refractivity contribution in [3.8, 4) is 5.75 Å². The lowest BCUT2D eigenvalue weighted by Gasteiger charge is -2.11. The maximum absolute atomic E-state index is 12.6. The standard InChI is InChI=1S/C22H23IN2O4S/c1-30(27,28)25-22(26)21-18(17-11-10-15(23)13-19(17)24-21)8-4-12-29-20-9-3-6-14-5-2-7-16(14)20/h3,6,9-11,13,24H,2,4-5,7-8,12H2,1H3,(H,25,26). The number of carbonyl (C=O) groups excluding carboxylic acids is 1. The molecular formula is C22H23IN2O4S. The Balaban J connectivity index is 1.52. The van der Waals surface area contributed by atoms with Crippen molar-refractivity contribution in [1.82, 2.24) is 9.71 Å². The number of hydrogen-bond acceptors (Lipinski definition) is 4. The smallest absolute Gasteiger partial charge is 0.281 e. The first-order chi connectivity index (χ1) is 14.3. The topological polar surface area (TPSA) is 88.3 Å². The molecule has 0 bridgehead atoms. The molecule has 0 spiro atoms. The summed E-state index contributed by atoms with van der Waals surface area (Å²) in [6, 6.07) is 12.1. The minimum absolute atomic E-state index is 0.290. The van der Waals surface area contributed by atoms with Crippen molar-refractivity contribution in [3.63, 3.8) is 0 Å². The Morgan fingerprint density at radius 3 is 2.87 bits per heavy atom. The first-order valence-corrected chi connectivity index (χ1v) is 12.8. The Kier molecular flexibility index (Phi) is 6.06. The molecule has 1 heterocycles. The molecular weight excluding hydrogens is 515 g/mol. The molecule has 2 aromatic carbocycles. The molecule has 1 aliphatic carbocycles. The molecule has 0 unspecified atom stereocenters. The first kappa shape index (κ1) is 21.2. The van der Waals surface area contributed by atoms with E-state index in [-0.39, 0.29) is 5.69 Å². The van der Waals surface area contributed by atoms with E-state index in [2.05, 4.69) is 38.4 Å². The van der Waals surface area contributed by atoms with E-state index in [9.17, 15) is 13.2 Å². The fourth-order valence-electron chi connectivity index (χ4n) is 4.05. The van der Waals surface area contributed by atoms with E-state index in [0.29, 0.717) is 19.4 Å². The molecule has 2 N–H and O–H groups in total. The van der Waals surface area contributed by atoms with E-state index in [1.54, 1.807) is 0 Å². The molecule has 1 aliphatic rings. The van der Waals surface area contributed by atoms with Crippen LogP contribution in [0.15, 0.2) is 36.4 Å². The monoisotopic (exact) mass is 538 g/mol. The van der Waals surface area contributed by atoms with E-state index in [1.807, 2.05) is 30.3 Å². The predicted molar refractivity (Wildman–Crippen MR) is 126 cm³/mol. The average molecular weight is 538 g/mol. The number of H-pyrrole nitrogens is 1. The first-order valence-electron chi connectivity index (χ1n) is 9.87. The predicted octanol–water partition coefficient (Wildman–Crippen LogP) is 3.96. The SMILES string of the molecule is CS(=O)(=O)NC(=O)c1[nH]c2cc(I)ccc2c1CCCOc1cccc2c1CCC2. The molecule has 0 radical (unpaired) electrons. The van der Waals surface area contributed by atoms with E-state index < -0.39 is 15.9 Å². The van der Waals surface area contributed by atoms with Gasteiger partial charge in [0.2, 0.25) is 10.0 Å². The van der Waals surface area contributed by atoms with Gasteiger partial charge >= 0.3 is 0 Å². The second kappa shape index (κ2) is 8.58. The highest BCUT2D eigenvalue weighted by atomic mass is 127. The second-order valence-electron chi connectivity index (χ2n) is 7.57. The summed E-state index contributed by atoms with van der Waals surface area (Å²) in [5, 5.41) is 0.926. The Hall–Kier alpha value is -2.07. The summed E-state index contributed by atoms with van der Waals surface area (Å²) < 4.78 is 32.2. The highest BCUT2D eigenvalue weighted by Crippen LogP contribution is 2.31. The molecule has 1 aromatic heterocycles. The van der Waals surface area contributed by atoms with Gasteiger partial charge in [-0.3, -0.25) is 4.79 Å². The number of nitrogens with one attached hydrogen (secondary N) is 2. The average Bonchev–Trinajstić information content (AvgIpc) is 3.28. The number of ether oxygens (including phenoxy) is 1. The van der Waals surface area contributed by atoms with Crippen LogP contribution < -0.4 is 9.46 Å². The number of aryl methyl sites for hydroxylation is 2. The maximum Gasteiger partial charge on any atom is 0.281 e. The minimum Gasteiger partial charge on any atom is -0.493 e. The van der Waals surface area contributed by atoms with E-state index in [0.717, 1.165) is 44.9 Å². The number of fused-ring (bicyclic) bond motifs is 2. The van der Waals surface area contributed by atoms with Crippen LogP contribution in [0.4, 0.5) is 0 Å². The molecule has 0 saturated carbocycles. The third kappa shape index (κ3) is 4.64. The van der Waals surface area contributed by atoms with Crippen molar-refractivity contribution in [1.29, 1.82) is 0 Å². The number of halogens is 1. The lowest BCUT2D eigenvalue weighted by Crippen LogP contribution is -2.30. The fourth-order valence-corrected chi connectivity index (χ4v) is 4.98. The summed E-state index contributed by atoms with van der Waals surface area (Å²) in [7, 11) is -3.65. The fraction of sp³-hybridized carbons (Fsp3) is 0.318. The number of carbonyl (C=O) groups is 1. The van der Waals surface area contributed by atoms with Gasteiger partial charge in [-0.25, -0.2) is 13.1 Å². The molecule has 158 valence electrons. The Bertz CT molecular complexity index is 1220. The molecule has 0 atom stereocenters. The van der Waals surface area contributed by atoms with Crippen LogP contribution in [0.2, 0.25) is 0 Å². The molecule has 1 amide bonds. The van der Waals surface area contributed by atoms with Crippen LogP contribution >= 0.6 is 22.6 Å². The van der Waals surface area contributed by atoms with Gasteiger partial charge in [0.1, 0.15) is 11.4 Å². The second-order valence-corrected chi connectivity index (χ2v) is 10.6. The van der Waals surface area contributed by atoms with Crippen molar-refractivity contribution in [2.45, 2.75) is 32.1 Å². The van der Waals surface area contributed by atoms with Gasteiger partial charge < -0.3 is 9.72 Å². The van der Waals surface area contributed by atoms with Crippen LogP contribution in [0.5, 0.6) is 5.75 Å². The lowest BCUT2D eigenvalue weighted by molar-refractivity contribution is 0.0976. The molecule has 6 nitrogen and oxygen atoms in total. The largest absolute Gasteiger partial charge is 0.493 e. The normalized spacial score (nSPS) is 13.4. The van der Waals surface area contributed by atoms with Gasteiger partial charge in [0.15, 0.2) is 0 Å². The summed E-state index contributed by atoms with van der Waals surface area (Å²) >= 11 is 2.21. The van der Waals surface area contributed by atoms with E-state index in [4.69, 9.17) is 4.74 Å². The van der Waals surface area contributed by atoms with Crippen LogP contribution in [0.1, 0.15) is 40.0 Å². The summed E-state index contributed by atoms with van der Waals surface area (Å²) in [5.41, 5.74) is 4.60. The van der Waals surface area contributed by atoms with Gasteiger partial charge in [0.25, 0.3) is 5.91 Å². The number of amides is 1. The zero-order chi connectivity index (χ0) is 21.3. The summed E-state index contributed by atoms with van der Waals surface area (Å²) in [4.78, 5) is 15.7. The van der Waals surface area contributed by atoms with Crippen LogP contribution in [-0.4, -0.2) is 32.2 Å². The molecule has 0 saturated heterocycles. The number of sulfonamides is 1. The van der Waals surface area contributed by atoms with Gasteiger partial charge in [-0.2, -0.15) is 0 Å². The molecule has 3 aromatic rings. The number of aromatic nitrogens is 1. The Morgan fingerprint density at radius 1 is 1.23 bits per heavy atom. The van der Waals surface area contributed by atoms with Gasteiger partial charge in [-0.05, 0) is 89.6 Å². The number of rotatable bonds is 7. The highest BCUT2D eigenvalue weighted by Gasteiger charge is 2.20. The number of hydrogen-bond donors (Lipinski definition) is 2. The summed E-state index contributed by atoms with van der Waals surface area (Å²) in [6.45, 7) is 0.528. The molecule has 8 heteroatoms. The van der Waals surface area contributed by atoms with Gasteiger partial charge in [0, 0.05) is 14.5 Å².